The highest BCUT2D eigenvalue weighted by atomic mass is 15.0. The van der Waals surface area contributed by atoms with Gasteiger partial charge in [0, 0.05) is 27.5 Å². The van der Waals surface area contributed by atoms with Crippen molar-refractivity contribution in [2.75, 3.05) is 0 Å². The number of hydrogen-bond acceptors (Lipinski definition) is 1. The van der Waals surface area contributed by atoms with Crippen molar-refractivity contribution in [3.63, 3.8) is 0 Å². The second-order valence-electron chi connectivity index (χ2n) is 13.0. The fourth-order valence-electron chi connectivity index (χ4n) is 7.14. The summed E-state index contributed by atoms with van der Waals surface area (Å²) >= 11 is 0. The molecule has 0 bridgehead atoms. The first kappa shape index (κ1) is 32.5. The van der Waals surface area contributed by atoms with Gasteiger partial charge in [-0.05, 0) is 84.3 Å². The van der Waals surface area contributed by atoms with Gasteiger partial charge in [-0.2, -0.15) is 0 Å². The minimum Gasteiger partial charge on any atom is -0.309 e. The molecule has 52 heavy (non-hydrogen) atoms. The van der Waals surface area contributed by atoms with E-state index in [2.05, 4.69) is 151 Å². The monoisotopic (exact) mass is 670 g/mol. The Labute approximate surface area is 304 Å². The molecule has 8 aromatic rings. The molecule has 0 radical (unpaired) electrons. The first-order chi connectivity index (χ1) is 25.6. The standard InChI is InChI=1S/C48H38N4/c1-33-17-13-14-24-40(33)46-34(2)29-39(48(50-32-35-18-7-4-8-19-35)51-47(49-3)37-22-11-6-12-23-37)31-45(46)52-43-26-16-15-25-41(43)42-30-38(27-28-44(42)52)36-20-9-5-10-21-36/h4-31H,3,32H2,1-2H3. The molecule has 0 amide bonds. The topological polar surface area (TPSA) is 42.0 Å². The molecule has 4 nitrogen and oxygen atoms in total. The summed E-state index contributed by atoms with van der Waals surface area (Å²) < 4.78 is 2.42. The zero-order valence-corrected chi connectivity index (χ0v) is 29.4. The van der Waals surface area contributed by atoms with Crippen molar-refractivity contribution in [3.05, 3.63) is 198 Å². The molecule has 0 spiro atoms. The summed E-state index contributed by atoms with van der Waals surface area (Å²) in [5, 5.41) is 2.40. The van der Waals surface area contributed by atoms with E-state index in [1.165, 1.54) is 38.6 Å². The lowest BCUT2D eigenvalue weighted by atomic mass is 9.92. The number of fused-ring (bicyclic) bond motifs is 3. The molecule has 0 saturated carbocycles. The van der Waals surface area contributed by atoms with Crippen LogP contribution in [0.25, 0.3) is 49.7 Å². The third-order valence-electron chi connectivity index (χ3n) is 9.66. The Kier molecular flexibility index (Phi) is 8.95. The van der Waals surface area contributed by atoms with Crippen molar-refractivity contribution in [2.45, 2.75) is 20.4 Å². The minimum absolute atomic E-state index is 0.477. The fraction of sp³-hybridized carbons (Fsp3) is 0.0625. The summed E-state index contributed by atoms with van der Waals surface area (Å²) in [5.74, 6) is 1.13. The van der Waals surface area contributed by atoms with Crippen LogP contribution in [0.1, 0.15) is 27.8 Å². The second kappa shape index (κ2) is 14.3. The van der Waals surface area contributed by atoms with Crippen LogP contribution in [0.15, 0.2) is 185 Å². The number of nitrogens with zero attached hydrogens (tertiary/aromatic N) is 4. The van der Waals surface area contributed by atoms with Crippen molar-refractivity contribution < 1.29 is 0 Å². The molecular formula is C48H38N4. The number of aliphatic imine (C=N–C) groups is 3. The van der Waals surface area contributed by atoms with Gasteiger partial charge in [0.25, 0.3) is 0 Å². The van der Waals surface area contributed by atoms with E-state index >= 15 is 0 Å². The summed E-state index contributed by atoms with van der Waals surface area (Å²) in [4.78, 5) is 14.7. The lowest BCUT2D eigenvalue weighted by Gasteiger charge is -2.20. The van der Waals surface area contributed by atoms with Crippen molar-refractivity contribution in [2.24, 2.45) is 15.0 Å². The highest BCUT2D eigenvalue weighted by Crippen LogP contribution is 2.40. The third kappa shape index (κ3) is 6.27. The van der Waals surface area contributed by atoms with Crippen LogP contribution in [0, 0.1) is 13.8 Å². The van der Waals surface area contributed by atoms with Gasteiger partial charge in [0.2, 0.25) is 0 Å². The Balaban J connectivity index is 1.42. The van der Waals surface area contributed by atoms with E-state index in [1.54, 1.807) is 0 Å². The van der Waals surface area contributed by atoms with Crippen molar-refractivity contribution >= 4 is 40.2 Å². The van der Waals surface area contributed by atoms with E-state index in [-0.39, 0.29) is 0 Å². The van der Waals surface area contributed by atoms with E-state index < -0.39 is 0 Å². The van der Waals surface area contributed by atoms with Crippen LogP contribution in [-0.2, 0) is 6.54 Å². The average Bonchev–Trinajstić information content (AvgIpc) is 3.53. The Morgan fingerprint density at radius 2 is 1.19 bits per heavy atom. The Hall–Kier alpha value is -6.65. The molecule has 8 rings (SSSR count). The van der Waals surface area contributed by atoms with Crippen molar-refractivity contribution in [1.82, 2.24) is 4.57 Å². The lowest BCUT2D eigenvalue weighted by Crippen LogP contribution is -2.08. The first-order valence-corrected chi connectivity index (χ1v) is 17.6. The highest BCUT2D eigenvalue weighted by Gasteiger charge is 2.21. The van der Waals surface area contributed by atoms with E-state index in [0.29, 0.717) is 18.2 Å². The van der Waals surface area contributed by atoms with Crippen LogP contribution in [0.2, 0.25) is 0 Å². The molecular weight excluding hydrogens is 633 g/mol. The largest absolute Gasteiger partial charge is 0.309 e. The van der Waals surface area contributed by atoms with Gasteiger partial charge in [0.15, 0.2) is 11.7 Å². The van der Waals surface area contributed by atoms with Gasteiger partial charge in [0.05, 0.1) is 23.3 Å². The van der Waals surface area contributed by atoms with Crippen LogP contribution in [0.3, 0.4) is 0 Å². The molecule has 1 aromatic heterocycles. The number of hydrogen-bond donors (Lipinski definition) is 0. The molecule has 0 fully saturated rings. The zero-order valence-electron chi connectivity index (χ0n) is 29.4. The van der Waals surface area contributed by atoms with Gasteiger partial charge in [-0.1, -0.05) is 140 Å². The normalized spacial score (nSPS) is 12.0. The van der Waals surface area contributed by atoms with Crippen LogP contribution in [-0.4, -0.2) is 23.0 Å². The molecule has 0 saturated heterocycles. The zero-order chi connectivity index (χ0) is 35.4. The van der Waals surface area contributed by atoms with Crippen LogP contribution < -0.4 is 0 Å². The molecule has 0 aliphatic carbocycles. The number of para-hydroxylation sites is 1. The van der Waals surface area contributed by atoms with Crippen molar-refractivity contribution in [1.29, 1.82) is 0 Å². The summed E-state index contributed by atoms with van der Waals surface area (Å²) in [5.41, 5.74) is 13.3. The number of amidine groups is 2. The maximum atomic E-state index is 5.16. The first-order valence-electron chi connectivity index (χ1n) is 17.6. The second-order valence-corrected chi connectivity index (χ2v) is 13.0. The van der Waals surface area contributed by atoms with Crippen molar-refractivity contribution in [3.8, 4) is 27.9 Å². The van der Waals surface area contributed by atoms with Gasteiger partial charge in [-0.25, -0.2) is 9.98 Å². The summed E-state index contributed by atoms with van der Waals surface area (Å²) in [7, 11) is 0. The Morgan fingerprint density at radius 3 is 1.94 bits per heavy atom. The summed E-state index contributed by atoms with van der Waals surface area (Å²) in [6.45, 7) is 8.75. The van der Waals surface area contributed by atoms with E-state index in [1.807, 2.05) is 48.5 Å². The third-order valence-corrected chi connectivity index (χ3v) is 9.66. The molecule has 0 N–H and O–H groups in total. The van der Waals surface area contributed by atoms with Gasteiger partial charge in [-0.3, -0.25) is 4.99 Å². The molecule has 4 heteroatoms. The SMILES string of the molecule is C=NC(=NC(=NCc1ccccc1)c1cc(C)c(-c2ccccc2C)c(-n2c3ccccc3c3cc(-c4ccccc4)ccc32)c1)c1ccccc1. The molecule has 0 aliphatic heterocycles. The maximum Gasteiger partial charge on any atom is 0.161 e. The molecule has 7 aromatic carbocycles. The van der Waals surface area contributed by atoms with Crippen LogP contribution >= 0.6 is 0 Å². The molecule has 1 heterocycles. The van der Waals surface area contributed by atoms with E-state index in [0.717, 1.165) is 39.0 Å². The quantitative estimate of drug-likeness (QED) is 0.120. The summed E-state index contributed by atoms with van der Waals surface area (Å²) in [6, 6.07) is 59.5. The molecule has 0 aliphatic rings. The number of benzene rings is 7. The number of aryl methyl sites for hydroxylation is 2. The minimum atomic E-state index is 0.477. The number of aromatic nitrogens is 1. The predicted octanol–water partition coefficient (Wildman–Crippen LogP) is 11.8. The average molecular weight is 671 g/mol. The Bertz CT molecular complexity index is 2610. The molecule has 250 valence electrons. The van der Waals surface area contributed by atoms with E-state index in [9.17, 15) is 0 Å². The smallest absolute Gasteiger partial charge is 0.161 e. The van der Waals surface area contributed by atoms with Gasteiger partial charge in [0.1, 0.15) is 0 Å². The fourth-order valence-corrected chi connectivity index (χ4v) is 7.14. The Morgan fingerprint density at radius 1 is 0.538 bits per heavy atom. The predicted molar refractivity (Wildman–Crippen MR) is 220 cm³/mol. The molecule has 0 unspecified atom stereocenters. The summed E-state index contributed by atoms with van der Waals surface area (Å²) in [6.07, 6.45) is 0. The van der Waals surface area contributed by atoms with Crippen LogP contribution in [0.5, 0.6) is 0 Å². The van der Waals surface area contributed by atoms with Crippen LogP contribution in [0.4, 0.5) is 0 Å². The van der Waals surface area contributed by atoms with Gasteiger partial charge in [-0.15, -0.1) is 0 Å². The number of rotatable bonds is 7. The van der Waals surface area contributed by atoms with Gasteiger partial charge >= 0.3 is 0 Å². The lowest BCUT2D eigenvalue weighted by molar-refractivity contribution is 1.06. The molecule has 0 atom stereocenters. The van der Waals surface area contributed by atoms with E-state index in [4.69, 9.17) is 9.98 Å². The van der Waals surface area contributed by atoms with Gasteiger partial charge < -0.3 is 4.57 Å². The maximum absolute atomic E-state index is 5.16. The highest BCUT2D eigenvalue weighted by molar-refractivity contribution is 6.14.